The van der Waals surface area contributed by atoms with E-state index in [4.69, 9.17) is 4.42 Å². The van der Waals surface area contributed by atoms with Crippen molar-refractivity contribution >= 4 is 5.69 Å². The molecular weight excluding hydrogens is 269 g/mol. The van der Waals surface area contributed by atoms with Gasteiger partial charge in [0.05, 0.1) is 6.26 Å². The number of furan rings is 1. The molecule has 0 spiro atoms. The zero-order chi connectivity index (χ0) is 14.7. The first-order chi connectivity index (χ1) is 10.2. The molecule has 1 heterocycles. The predicted octanol–water partition coefficient (Wildman–Crippen LogP) is 4.33. The van der Waals surface area contributed by atoms with Gasteiger partial charge in [-0.15, -0.1) is 0 Å². The van der Waals surface area contributed by atoms with Gasteiger partial charge < -0.3 is 14.8 Å². The Morgan fingerprint density at radius 1 is 1.00 bits per heavy atom. The van der Waals surface area contributed by atoms with Crippen molar-refractivity contribution in [3.63, 3.8) is 0 Å². The molecule has 0 aliphatic rings. The van der Waals surface area contributed by atoms with Crippen molar-refractivity contribution in [3.8, 4) is 5.75 Å². The highest BCUT2D eigenvalue weighted by Crippen LogP contribution is 2.28. The first-order valence-corrected chi connectivity index (χ1v) is 6.57. The molecular formula is C17H14FNO2. The Labute approximate surface area is 121 Å². The van der Waals surface area contributed by atoms with Crippen LogP contribution in [-0.2, 0) is 0 Å². The Kier molecular flexibility index (Phi) is 3.60. The lowest BCUT2D eigenvalue weighted by molar-refractivity contribution is 0.432. The second-order valence-corrected chi connectivity index (χ2v) is 4.67. The van der Waals surface area contributed by atoms with Gasteiger partial charge >= 0.3 is 0 Å². The maximum Gasteiger partial charge on any atom is 0.166 e. The second kappa shape index (κ2) is 5.71. The molecule has 0 amide bonds. The zero-order valence-electron chi connectivity index (χ0n) is 11.2. The molecule has 0 aliphatic heterocycles. The number of phenols is 1. The van der Waals surface area contributed by atoms with Gasteiger partial charge in [0.15, 0.2) is 11.6 Å². The van der Waals surface area contributed by atoms with E-state index in [-0.39, 0.29) is 11.8 Å². The minimum Gasteiger partial charge on any atom is -0.505 e. The molecule has 106 valence electrons. The fraction of sp³-hybridized carbons (Fsp3) is 0.0588. The Bertz CT molecular complexity index is 711. The summed E-state index contributed by atoms with van der Waals surface area (Å²) in [6, 6.07) is 17.4. The van der Waals surface area contributed by atoms with Crippen LogP contribution in [0.2, 0.25) is 0 Å². The van der Waals surface area contributed by atoms with Crippen molar-refractivity contribution in [2.75, 3.05) is 5.32 Å². The highest BCUT2D eigenvalue weighted by molar-refractivity contribution is 5.50. The molecule has 0 radical (unpaired) electrons. The van der Waals surface area contributed by atoms with Crippen LogP contribution in [0.1, 0.15) is 17.4 Å². The van der Waals surface area contributed by atoms with E-state index < -0.39 is 5.82 Å². The molecule has 0 aliphatic carbocycles. The summed E-state index contributed by atoms with van der Waals surface area (Å²) in [6.45, 7) is 0. The number of benzene rings is 2. The summed E-state index contributed by atoms with van der Waals surface area (Å²) < 4.78 is 18.9. The van der Waals surface area contributed by atoms with Gasteiger partial charge in [-0.2, -0.15) is 0 Å². The van der Waals surface area contributed by atoms with E-state index in [0.29, 0.717) is 5.69 Å². The van der Waals surface area contributed by atoms with Gasteiger partial charge in [0, 0.05) is 11.8 Å². The lowest BCUT2D eigenvalue weighted by Crippen LogP contribution is -2.11. The summed E-state index contributed by atoms with van der Waals surface area (Å²) >= 11 is 0. The largest absolute Gasteiger partial charge is 0.505 e. The van der Waals surface area contributed by atoms with Crippen LogP contribution in [0.4, 0.5) is 10.1 Å². The molecule has 3 rings (SSSR count). The van der Waals surface area contributed by atoms with Crippen LogP contribution in [0.5, 0.6) is 5.75 Å². The molecule has 0 bridgehead atoms. The molecule has 21 heavy (non-hydrogen) atoms. The van der Waals surface area contributed by atoms with Crippen molar-refractivity contribution in [1.82, 2.24) is 0 Å². The summed E-state index contributed by atoms with van der Waals surface area (Å²) in [7, 11) is 0. The maximum absolute atomic E-state index is 13.5. The van der Waals surface area contributed by atoms with Gasteiger partial charge in [-0.25, -0.2) is 4.39 Å². The topological polar surface area (TPSA) is 45.4 Å². The average molecular weight is 283 g/mol. The van der Waals surface area contributed by atoms with Crippen molar-refractivity contribution in [2.24, 2.45) is 0 Å². The molecule has 0 fully saturated rings. The molecule has 3 nitrogen and oxygen atoms in total. The number of nitrogens with one attached hydrogen (secondary N) is 1. The first kappa shape index (κ1) is 13.2. The summed E-state index contributed by atoms with van der Waals surface area (Å²) in [5.41, 5.74) is 1.57. The number of aromatic hydroxyl groups is 1. The molecule has 3 aromatic rings. The quantitative estimate of drug-likeness (QED) is 0.701. The zero-order valence-corrected chi connectivity index (χ0v) is 11.2. The molecule has 0 saturated heterocycles. The van der Waals surface area contributed by atoms with E-state index in [1.807, 2.05) is 42.5 Å². The highest BCUT2D eigenvalue weighted by atomic mass is 19.1. The van der Waals surface area contributed by atoms with Crippen LogP contribution in [0.25, 0.3) is 0 Å². The first-order valence-electron chi connectivity index (χ1n) is 6.57. The molecule has 2 N–H and O–H groups in total. The molecule has 1 unspecified atom stereocenters. The predicted molar refractivity (Wildman–Crippen MR) is 78.7 cm³/mol. The summed E-state index contributed by atoms with van der Waals surface area (Å²) in [5, 5.41) is 12.5. The SMILES string of the molecule is Oc1ccc(NC(c2ccccc2)c2ccco2)cc1F. The average Bonchev–Trinajstić information content (AvgIpc) is 3.03. The number of phenolic OH excluding ortho intramolecular Hbond substituents is 1. The molecule has 0 saturated carbocycles. The van der Waals surface area contributed by atoms with Crippen molar-refractivity contribution < 1.29 is 13.9 Å². The third-order valence-electron chi connectivity index (χ3n) is 3.22. The standard InChI is InChI=1S/C17H14FNO2/c18-14-11-13(8-9-15(14)20)19-17(16-7-4-10-21-16)12-5-2-1-3-6-12/h1-11,17,19-20H. The molecule has 4 heteroatoms. The second-order valence-electron chi connectivity index (χ2n) is 4.67. The number of hydrogen-bond acceptors (Lipinski definition) is 3. The van der Waals surface area contributed by atoms with Gasteiger partial charge in [-0.1, -0.05) is 30.3 Å². The van der Waals surface area contributed by atoms with Crippen LogP contribution < -0.4 is 5.32 Å². The van der Waals surface area contributed by atoms with E-state index >= 15 is 0 Å². The number of rotatable bonds is 4. The van der Waals surface area contributed by atoms with E-state index in [1.165, 1.54) is 12.1 Å². The smallest absolute Gasteiger partial charge is 0.166 e. The van der Waals surface area contributed by atoms with Crippen molar-refractivity contribution in [2.45, 2.75) is 6.04 Å². The normalized spacial score (nSPS) is 12.0. The fourth-order valence-electron chi connectivity index (χ4n) is 2.18. The van der Waals surface area contributed by atoms with Crippen LogP contribution >= 0.6 is 0 Å². The van der Waals surface area contributed by atoms with Crippen LogP contribution in [-0.4, -0.2) is 5.11 Å². The lowest BCUT2D eigenvalue weighted by Gasteiger charge is -2.18. The lowest BCUT2D eigenvalue weighted by atomic mass is 10.0. The van der Waals surface area contributed by atoms with Gasteiger partial charge in [0.25, 0.3) is 0 Å². The maximum atomic E-state index is 13.5. The Hall–Kier alpha value is -2.75. The Morgan fingerprint density at radius 2 is 1.81 bits per heavy atom. The van der Waals surface area contributed by atoms with E-state index in [2.05, 4.69) is 5.32 Å². The minimum absolute atomic E-state index is 0.231. The summed E-state index contributed by atoms with van der Waals surface area (Å²) in [4.78, 5) is 0. The summed E-state index contributed by atoms with van der Waals surface area (Å²) in [5.74, 6) is -0.296. The van der Waals surface area contributed by atoms with Crippen LogP contribution in [0, 0.1) is 5.82 Å². The van der Waals surface area contributed by atoms with Crippen molar-refractivity contribution in [3.05, 3.63) is 84.1 Å². The monoisotopic (exact) mass is 283 g/mol. The van der Waals surface area contributed by atoms with E-state index in [9.17, 15) is 9.50 Å². The number of halogens is 1. The van der Waals surface area contributed by atoms with Crippen LogP contribution in [0.15, 0.2) is 71.3 Å². The third-order valence-corrected chi connectivity index (χ3v) is 3.22. The van der Waals surface area contributed by atoms with Crippen molar-refractivity contribution in [1.29, 1.82) is 0 Å². The number of anilines is 1. The Balaban J connectivity index is 1.95. The van der Waals surface area contributed by atoms with E-state index in [0.717, 1.165) is 11.3 Å². The molecule has 1 aromatic heterocycles. The number of hydrogen-bond donors (Lipinski definition) is 2. The minimum atomic E-state index is -0.661. The fourth-order valence-corrected chi connectivity index (χ4v) is 2.18. The summed E-state index contributed by atoms with van der Waals surface area (Å²) in [6.07, 6.45) is 1.60. The van der Waals surface area contributed by atoms with E-state index in [1.54, 1.807) is 12.3 Å². The van der Waals surface area contributed by atoms with Gasteiger partial charge in [0.1, 0.15) is 11.8 Å². The van der Waals surface area contributed by atoms with Gasteiger partial charge in [0.2, 0.25) is 0 Å². The highest BCUT2D eigenvalue weighted by Gasteiger charge is 2.17. The third kappa shape index (κ3) is 2.89. The Morgan fingerprint density at radius 3 is 2.48 bits per heavy atom. The van der Waals surface area contributed by atoms with Crippen LogP contribution in [0.3, 0.4) is 0 Å². The molecule has 2 aromatic carbocycles. The van der Waals surface area contributed by atoms with Gasteiger partial charge in [-0.3, -0.25) is 0 Å². The molecule has 1 atom stereocenters. The van der Waals surface area contributed by atoms with Gasteiger partial charge in [-0.05, 0) is 29.8 Å².